The molecule has 0 aliphatic carbocycles. The Morgan fingerprint density at radius 3 is 2.07 bits per heavy atom. The second-order valence-electron chi connectivity index (χ2n) is 10.9. The average Bonchev–Trinajstić information content (AvgIpc) is 3.50. The molecule has 0 spiro atoms. The molecule has 3 rings (SSSR count). The molecule has 1 aliphatic heterocycles. The first-order chi connectivity index (χ1) is 20.5. The molecule has 1 fully saturated rings. The predicted octanol–water partition coefficient (Wildman–Crippen LogP) is 1.64. The van der Waals surface area contributed by atoms with Gasteiger partial charge in [0.1, 0.15) is 18.1 Å². The van der Waals surface area contributed by atoms with Gasteiger partial charge in [-0.15, -0.1) is 0 Å². The van der Waals surface area contributed by atoms with Crippen LogP contribution in [-0.4, -0.2) is 76.1 Å². The van der Waals surface area contributed by atoms with Gasteiger partial charge in [0.15, 0.2) is 0 Å². The monoisotopic (exact) mass is 592 g/mol. The summed E-state index contributed by atoms with van der Waals surface area (Å²) in [5.41, 5.74) is 1.56. The number of carboxylic acid groups (broad SMARTS) is 1. The van der Waals surface area contributed by atoms with E-state index in [2.05, 4.69) is 16.0 Å². The van der Waals surface area contributed by atoms with Crippen LogP contribution in [0.5, 0.6) is 0 Å². The van der Waals surface area contributed by atoms with Crippen LogP contribution in [0.2, 0.25) is 0 Å². The van der Waals surface area contributed by atoms with Crippen LogP contribution in [0.4, 0.5) is 0 Å². The van der Waals surface area contributed by atoms with Gasteiger partial charge in [-0.25, -0.2) is 4.79 Å². The Hall–Kier alpha value is -4.54. The third-order valence-corrected chi connectivity index (χ3v) is 7.70. The number of carbonyl (C=O) groups is 6. The summed E-state index contributed by atoms with van der Waals surface area (Å²) in [5, 5.41) is 17.3. The Bertz CT molecular complexity index is 1300. The molecule has 11 nitrogen and oxygen atoms in total. The Balaban J connectivity index is 1.68. The van der Waals surface area contributed by atoms with Gasteiger partial charge in [0, 0.05) is 13.0 Å². The first kappa shape index (κ1) is 33.0. The summed E-state index contributed by atoms with van der Waals surface area (Å²) in [5.74, 6) is -5.11. The molecular weight excluding hydrogens is 552 g/mol. The van der Waals surface area contributed by atoms with Crippen LogP contribution in [0, 0.1) is 5.92 Å². The maximum atomic E-state index is 13.3. The van der Waals surface area contributed by atoms with Gasteiger partial charge >= 0.3 is 5.97 Å². The summed E-state index contributed by atoms with van der Waals surface area (Å²) in [4.78, 5) is 78.3. The maximum absolute atomic E-state index is 13.3. The second-order valence-corrected chi connectivity index (χ2v) is 10.9. The summed E-state index contributed by atoms with van der Waals surface area (Å²) in [6.45, 7) is 5.15. The van der Waals surface area contributed by atoms with Gasteiger partial charge in [-0.05, 0) is 36.8 Å². The van der Waals surface area contributed by atoms with Crippen molar-refractivity contribution in [2.45, 2.75) is 77.0 Å². The lowest BCUT2D eigenvalue weighted by molar-refractivity contribution is -0.150. The fraction of sp³-hybridized carbons (Fsp3) is 0.438. The normalized spacial score (nSPS) is 17.2. The third-order valence-electron chi connectivity index (χ3n) is 7.70. The average molecular weight is 593 g/mol. The summed E-state index contributed by atoms with van der Waals surface area (Å²) >= 11 is 0. The van der Waals surface area contributed by atoms with Gasteiger partial charge in [-0.1, -0.05) is 80.9 Å². The molecule has 0 saturated carbocycles. The number of hydrogen-bond donors (Lipinski definition) is 4. The Morgan fingerprint density at radius 1 is 0.884 bits per heavy atom. The molecule has 0 bridgehead atoms. The number of nitrogens with one attached hydrogen (secondary N) is 3. The van der Waals surface area contributed by atoms with E-state index in [1.165, 1.54) is 11.8 Å². The first-order valence-corrected chi connectivity index (χ1v) is 14.6. The van der Waals surface area contributed by atoms with Crippen LogP contribution >= 0.6 is 0 Å². The Labute approximate surface area is 251 Å². The topological polar surface area (TPSA) is 162 Å². The van der Waals surface area contributed by atoms with Crippen molar-refractivity contribution in [1.82, 2.24) is 20.9 Å². The molecular formula is C32H40N4O7. The van der Waals surface area contributed by atoms with Crippen molar-refractivity contribution in [2.75, 3.05) is 6.54 Å². The van der Waals surface area contributed by atoms with Crippen LogP contribution < -0.4 is 16.0 Å². The molecule has 11 heteroatoms. The number of amides is 4. The highest BCUT2D eigenvalue weighted by molar-refractivity contribution is 6.38. The number of carbonyl (C=O) groups excluding carboxylic acids is 5. The SMILES string of the molecule is CCC(C)C(NC(=O)C(=O)C(C)NC(=O)C(Cc1ccccc1)NC(=O)Cc1ccccc1)C(=O)N1CCC[C@H]1C(=O)O. The number of carboxylic acids is 1. The summed E-state index contributed by atoms with van der Waals surface area (Å²) in [6, 6.07) is 13.8. The van der Waals surface area contributed by atoms with E-state index < -0.39 is 53.6 Å². The van der Waals surface area contributed by atoms with Crippen molar-refractivity contribution in [1.29, 1.82) is 0 Å². The lowest BCUT2D eigenvalue weighted by atomic mass is 9.97. The number of Topliss-reactive ketones (excluding diaryl/α,β-unsaturated/α-hetero) is 1. The number of hydrogen-bond acceptors (Lipinski definition) is 6. The molecule has 2 aromatic carbocycles. The molecule has 1 aliphatic rings. The van der Waals surface area contributed by atoms with Gasteiger partial charge in [0.2, 0.25) is 23.5 Å². The minimum Gasteiger partial charge on any atom is -0.480 e. The van der Waals surface area contributed by atoms with Crippen molar-refractivity contribution >= 4 is 35.4 Å². The number of benzene rings is 2. The molecule has 1 saturated heterocycles. The maximum Gasteiger partial charge on any atom is 0.326 e. The van der Waals surface area contributed by atoms with E-state index in [-0.39, 0.29) is 31.2 Å². The van der Waals surface area contributed by atoms with E-state index in [0.717, 1.165) is 11.1 Å². The molecule has 4 N–H and O–H groups in total. The second kappa shape index (κ2) is 15.6. The predicted molar refractivity (Wildman–Crippen MR) is 159 cm³/mol. The van der Waals surface area contributed by atoms with Gasteiger partial charge in [-0.3, -0.25) is 24.0 Å². The minimum atomic E-state index is -1.26. The van der Waals surface area contributed by atoms with E-state index in [9.17, 15) is 33.9 Å². The van der Waals surface area contributed by atoms with E-state index in [4.69, 9.17) is 0 Å². The third kappa shape index (κ3) is 9.22. The van der Waals surface area contributed by atoms with E-state index in [1.54, 1.807) is 19.1 Å². The zero-order valence-corrected chi connectivity index (χ0v) is 24.7. The lowest BCUT2D eigenvalue weighted by Crippen LogP contribution is -2.58. The molecule has 4 unspecified atom stereocenters. The number of nitrogens with zero attached hydrogens (tertiary/aromatic N) is 1. The molecule has 0 aromatic heterocycles. The fourth-order valence-corrected chi connectivity index (χ4v) is 5.02. The Kier molecular flexibility index (Phi) is 12.0. The number of rotatable bonds is 14. The highest BCUT2D eigenvalue weighted by Gasteiger charge is 2.40. The standard InChI is InChI=1S/C32H40N4O7/c1-4-20(2)27(31(41)36-17-11-16-25(36)32(42)43)35-30(40)28(38)21(3)33-29(39)24(18-22-12-7-5-8-13-22)34-26(37)19-23-14-9-6-10-15-23/h5-10,12-15,20-21,24-25,27H,4,11,16-19H2,1-3H3,(H,33,39)(H,34,37)(H,35,40)(H,42,43)/t20?,21?,24?,25-,27?/m0/s1. The van der Waals surface area contributed by atoms with Gasteiger partial charge in [0.25, 0.3) is 5.91 Å². The number of ketones is 1. The van der Waals surface area contributed by atoms with Crippen LogP contribution in [0.15, 0.2) is 60.7 Å². The molecule has 4 amide bonds. The van der Waals surface area contributed by atoms with Crippen LogP contribution in [-0.2, 0) is 41.6 Å². The van der Waals surface area contributed by atoms with Crippen LogP contribution in [0.1, 0.15) is 51.2 Å². The largest absolute Gasteiger partial charge is 0.480 e. The zero-order chi connectivity index (χ0) is 31.5. The van der Waals surface area contributed by atoms with Gasteiger partial charge in [-0.2, -0.15) is 0 Å². The molecule has 5 atom stereocenters. The van der Waals surface area contributed by atoms with Gasteiger partial charge < -0.3 is 26.0 Å². The first-order valence-electron chi connectivity index (χ1n) is 14.6. The van der Waals surface area contributed by atoms with E-state index in [0.29, 0.717) is 19.3 Å². The summed E-state index contributed by atoms with van der Waals surface area (Å²) in [6.07, 6.45) is 1.55. The molecule has 1 heterocycles. The zero-order valence-electron chi connectivity index (χ0n) is 24.7. The smallest absolute Gasteiger partial charge is 0.326 e. The van der Waals surface area contributed by atoms with Crippen molar-refractivity contribution in [3.8, 4) is 0 Å². The Morgan fingerprint density at radius 2 is 1.49 bits per heavy atom. The van der Waals surface area contributed by atoms with Crippen molar-refractivity contribution in [3.63, 3.8) is 0 Å². The number of aliphatic carboxylic acids is 1. The summed E-state index contributed by atoms with van der Waals surface area (Å²) in [7, 11) is 0. The lowest BCUT2D eigenvalue weighted by Gasteiger charge is -2.30. The van der Waals surface area contributed by atoms with Crippen molar-refractivity contribution in [2.24, 2.45) is 5.92 Å². The fourth-order valence-electron chi connectivity index (χ4n) is 5.02. The van der Waals surface area contributed by atoms with Gasteiger partial charge in [0.05, 0.1) is 12.5 Å². The highest BCUT2D eigenvalue weighted by Crippen LogP contribution is 2.21. The van der Waals surface area contributed by atoms with Crippen LogP contribution in [0.25, 0.3) is 0 Å². The minimum absolute atomic E-state index is 0.0566. The highest BCUT2D eigenvalue weighted by atomic mass is 16.4. The molecule has 43 heavy (non-hydrogen) atoms. The summed E-state index contributed by atoms with van der Waals surface area (Å²) < 4.78 is 0. The molecule has 230 valence electrons. The molecule has 0 radical (unpaired) electrons. The quantitative estimate of drug-likeness (QED) is 0.243. The number of likely N-dealkylation sites (tertiary alicyclic amines) is 1. The van der Waals surface area contributed by atoms with Crippen LogP contribution in [0.3, 0.4) is 0 Å². The van der Waals surface area contributed by atoms with Crippen molar-refractivity contribution in [3.05, 3.63) is 71.8 Å². The van der Waals surface area contributed by atoms with E-state index in [1.807, 2.05) is 55.5 Å². The molecule has 2 aromatic rings. The van der Waals surface area contributed by atoms with E-state index >= 15 is 0 Å². The van der Waals surface area contributed by atoms with Crippen molar-refractivity contribution < 1.29 is 33.9 Å².